The molecule has 0 amide bonds. The summed E-state index contributed by atoms with van der Waals surface area (Å²) in [5.74, 6) is 0.424. The quantitative estimate of drug-likeness (QED) is 0.869. The topological polar surface area (TPSA) is 58.3 Å². The van der Waals surface area contributed by atoms with Crippen molar-refractivity contribution in [2.75, 3.05) is 6.54 Å². The number of aliphatic hydroxyl groups excluding tert-OH is 1. The van der Waals surface area contributed by atoms with Crippen molar-refractivity contribution in [3.05, 3.63) is 52.7 Å². The molecule has 1 heterocycles. The van der Waals surface area contributed by atoms with Crippen LogP contribution < -0.4 is 5.32 Å². The van der Waals surface area contributed by atoms with Crippen molar-refractivity contribution in [3.8, 4) is 0 Å². The van der Waals surface area contributed by atoms with Crippen molar-refractivity contribution in [2.24, 2.45) is 0 Å². The lowest BCUT2D eigenvalue weighted by atomic mass is 10.1. The third-order valence-corrected chi connectivity index (χ3v) is 3.05. The Morgan fingerprint density at radius 3 is 2.84 bits per heavy atom. The van der Waals surface area contributed by atoms with E-state index < -0.39 is 6.10 Å². The van der Waals surface area contributed by atoms with E-state index in [4.69, 9.17) is 4.52 Å². The van der Waals surface area contributed by atoms with E-state index in [0.29, 0.717) is 18.7 Å². The Balaban J connectivity index is 1.89. The fourth-order valence-electron chi connectivity index (χ4n) is 1.92. The number of hydrogen-bond donors (Lipinski definition) is 2. The summed E-state index contributed by atoms with van der Waals surface area (Å²) in [5.41, 5.74) is 2.39. The van der Waals surface area contributed by atoms with Gasteiger partial charge in [-0.3, -0.25) is 0 Å². The molecule has 1 aromatic heterocycles. The SMILES string of the molecule is Cc1noc(C)c1CNCC(O)c1cccc(F)c1. The van der Waals surface area contributed by atoms with Crippen molar-refractivity contribution in [2.45, 2.75) is 26.5 Å². The lowest BCUT2D eigenvalue weighted by Gasteiger charge is -2.12. The van der Waals surface area contributed by atoms with Crippen LogP contribution >= 0.6 is 0 Å². The zero-order valence-electron chi connectivity index (χ0n) is 11.0. The molecular weight excluding hydrogens is 247 g/mol. The Bertz CT molecular complexity index is 535. The van der Waals surface area contributed by atoms with Crippen molar-refractivity contribution < 1.29 is 14.0 Å². The average molecular weight is 264 g/mol. The number of benzene rings is 1. The van der Waals surface area contributed by atoms with Gasteiger partial charge in [0, 0.05) is 18.7 Å². The van der Waals surface area contributed by atoms with Gasteiger partial charge in [-0.05, 0) is 31.5 Å². The zero-order chi connectivity index (χ0) is 13.8. The molecule has 0 aliphatic rings. The van der Waals surface area contributed by atoms with Crippen LogP contribution in [0.15, 0.2) is 28.8 Å². The maximum atomic E-state index is 13.0. The Morgan fingerprint density at radius 1 is 1.42 bits per heavy atom. The van der Waals surface area contributed by atoms with Gasteiger partial charge in [-0.25, -0.2) is 4.39 Å². The van der Waals surface area contributed by atoms with Crippen molar-refractivity contribution >= 4 is 0 Å². The molecule has 0 aliphatic carbocycles. The molecule has 1 aromatic carbocycles. The minimum atomic E-state index is -0.740. The van der Waals surface area contributed by atoms with E-state index in [1.165, 1.54) is 12.1 Å². The Morgan fingerprint density at radius 2 is 2.21 bits per heavy atom. The van der Waals surface area contributed by atoms with Crippen LogP contribution in [0.25, 0.3) is 0 Å². The van der Waals surface area contributed by atoms with Crippen LogP contribution in [0.4, 0.5) is 4.39 Å². The molecule has 0 spiro atoms. The molecule has 0 saturated carbocycles. The van der Waals surface area contributed by atoms with Gasteiger partial charge in [-0.15, -0.1) is 0 Å². The van der Waals surface area contributed by atoms with Crippen LogP contribution in [0.1, 0.15) is 28.7 Å². The lowest BCUT2D eigenvalue weighted by Crippen LogP contribution is -2.21. The molecule has 102 valence electrons. The first-order valence-electron chi connectivity index (χ1n) is 6.14. The second-order valence-electron chi connectivity index (χ2n) is 4.50. The first-order chi connectivity index (χ1) is 9.08. The van der Waals surface area contributed by atoms with E-state index >= 15 is 0 Å². The smallest absolute Gasteiger partial charge is 0.138 e. The average Bonchev–Trinajstić information content (AvgIpc) is 2.70. The molecule has 19 heavy (non-hydrogen) atoms. The number of rotatable bonds is 5. The predicted molar refractivity (Wildman–Crippen MR) is 69.0 cm³/mol. The Labute approximate surface area is 111 Å². The van der Waals surface area contributed by atoms with Crippen LogP contribution in [0.3, 0.4) is 0 Å². The Kier molecular flexibility index (Phi) is 4.29. The van der Waals surface area contributed by atoms with Gasteiger partial charge in [-0.1, -0.05) is 17.3 Å². The van der Waals surface area contributed by atoms with Gasteiger partial charge in [-0.2, -0.15) is 0 Å². The van der Waals surface area contributed by atoms with Crippen LogP contribution in [0.2, 0.25) is 0 Å². The minimum absolute atomic E-state index is 0.341. The highest BCUT2D eigenvalue weighted by molar-refractivity contribution is 5.21. The molecule has 2 aromatic rings. The normalized spacial score (nSPS) is 12.6. The second-order valence-corrected chi connectivity index (χ2v) is 4.50. The minimum Gasteiger partial charge on any atom is -0.387 e. The van der Waals surface area contributed by atoms with Gasteiger partial charge in [0.1, 0.15) is 11.6 Å². The summed E-state index contributed by atoms with van der Waals surface area (Å²) in [6, 6.07) is 5.98. The molecule has 4 nitrogen and oxygen atoms in total. The molecular formula is C14H17FN2O2. The molecule has 1 unspecified atom stereocenters. The molecule has 5 heteroatoms. The fourth-order valence-corrected chi connectivity index (χ4v) is 1.92. The molecule has 0 aliphatic heterocycles. The number of hydrogen-bond acceptors (Lipinski definition) is 4. The van der Waals surface area contributed by atoms with Crippen LogP contribution in [0.5, 0.6) is 0 Å². The summed E-state index contributed by atoms with van der Waals surface area (Å²) >= 11 is 0. The van der Waals surface area contributed by atoms with E-state index in [-0.39, 0.29) is 5.82 Å². The van der Waals surface area contributed by atoms with Gasteiger partial charge in [0.05, 0.1) is 11.8 Å². The molecule has 0 radical (unpaired) electrons. The van der Waals surface area contributed by atoms with Gasteiger partial charge >= 0.3 is 0 Å². The van der Waals surface area contributed by atoms with Crippen LogP contribution in [0, 0.1) is 19.7 Å². The lowest BCUT2D eigenvalue weighted by molar-refractivity contribution is 0.174. The number of aromatic nitrogens is 1. The highest BCUT2D eigenvalue weighted by Crippen LogP contribution is 2.15. The van der Waals surface area contributed by atoms with Gasteiger partial charge in [0.2, 0.25) is 0 Å². The zero-order valence-corrected chi connectivity index (χ0v) is 11.0. The van der Waals surface area contributed by atoms with E-state index in [9.17, 15) is 9.50 Å². The summed E-state index contributed by atoms with van der Waals surface area (Å²) in [6.07, 6.45) is -0.740. The van der Waals surface area contributed by atoms with E-state index in [0.717, 1.165) is 17.0 Å². The maximum Gasteiger partial charge on any atom is 0.138 e. The molecule has 0 bridgehead atoms. The third-order valence-electron chi connectivity index (χ3n) is 3.05. The third kappa shape index (κ3) is 3.39. The molecule has 0 saturated heterocycles. The summed E-state index contributed by atoms with van der Waals surface area (Å²) in [4.78, 5) is 0. The van der Waals surface area contributed by atoms with Gasteiger partial charge in [0.25, 0.3) is 0 Å². The molecule has 0 fully saturated rings. The highest BCUT2D eigenvalue weighted by Gasteiger charge is 2.11. The number of nitrogens with zero attached hydrogens (tertiary/aromatic N) is 1. The highest BCUT2D eigenvalue weighted by atomic mass is 19.1. The first kappa shape index (κ1) is 13.7. The number of aryl methyl sites for hydroxylation is 2. The summed E-state index contributed by atoms with van der Waals surface area (Å²) < 4.78 is 18.1. The van der Waals surface area contributed by atoms with Crippen molar-refractivity contribution in [1.82, 2.24) is 10.5 Å². The monoisotopic (exact) mass is 264 g/mol. The van der Waals surface area contributed by atoms with Crippen LogP contribution in [-0.4, -0.2) is 16.8 Å². The maximum absolute atomic E-state index is 13.0. The van der Waals surface area contributed by atoms with E-state index in [2.05, 4.69) is 10.5 Å². The van der Waals surface area contributed by atoms with Gasteiger partial charge < -0.3 is 14.9 Å². The number of halogens is 1. The second kappa shape index (κ2) is 5.95. The van der Waals surface area contributed by atoms with E-state index in [1.807, 2.05) is 13.8 Å². The molecule has 1 atom stereocenters. The number of nitrogens with one attached hydrogen (secondary N) is 1. The molecule has 2 rings (SSSR count). The predicted octanol–water partition coefficient (Wildman–Crippen LogP) is 2.25. The Hall–Kier alpha value is -1.72. The van der Waals surface area contributed by atoms with Crippen molar-refractivity contribution in [1.29, 1.82) is 0 Å². The number of aliphatic hydroxyl groups is 1. The summed E-state index contributed by atoms with van der Waals surface area (Å²) in [7, 11) is 0. The molecule has 2 N–H and O–H groups in total. The fraction of sp³-hybridized carbons (Fsp3) is 0.357. The standard InChI is InChI=1S/C14H17FN2O2/c1-9-13(10(2)19-17-9)7-16-8-14(18)11-4-3-5-12(15)6-11/h3-6,14,16,18H,7-8H2,1-2H3. The van der Waals surface area contributed by atoms with Gasteiger partial charge in [0.15, 0.2) is 0 Å². The van der Waals surface area contributed by atoms with E-state index in [1.54, 1.807) is 12.1 Å². The largest absolute Gasteiger partial charge is 0.387 e. The summed E-state index contributed by atoms with van der Waals surface area (Å²) in [5, 5.41) is 16.9. The first-order valence-corrected chi connectivity index (χ1v) is 6.14. The van der Waals surface area contributed by atoms with Crippen molar-refractivity contribution in [3.63, 3.8) is 0 Å². The van der Waals surface area contributed by atoms with Crippen LogP contribution in [-0.2, 0) is 6.54 Å². The summed E-state index contributed by atoms with van der Waals surface area (Å²) in [6.45, 7) is 4.62.